The average molecular weight is 538 g/mol. The van der Waals surface area contributed by atoms with E-state index in [2.05, 4.69) is 15.9 Å². The van der Waals surface area contributed by atoms with Crippen molar-refractivity contribution in [1.29, 1.82) is 0 Å². The van der Waals surface area contributed by atoms with E-state index in [1.165, 1.54) is 16.7 Å². The summed E-state index contributed by atoms with van der Waals surface area (Å²) in [6.07, 6.45) is 0. The lowest BCUT2D eigenvalue weighted by Crippen LogP contribution is -2.22. The second-order valence-electron chi connectivity index (χ2n) is 7.54. The lowest BCUT2D eigenvalue weighted by atomic mass is 10.1. The number of phenols is 2. The minimum Gasteiger partial charge on any atom is -0.505 e. The van der Waals surface area contributed by atoms with Gasteiger partial charge in [0.15, 0.2) is 22.8 Å². The first kappa shape index (κ1) is 22.1. The molecule has 0 saturated heterocycles. The SMILES string of the molecule is O=c1oc2c(c(O)c1Sc1ccccc1Br)c(=O)n(Cc1ccccc1)c1cc(O)c(O)cc21. The van der Waals surface area contributed by atoms with Crippen LogP contribution in [0.1, 0.15) is 5.56 Å². The fraction of sp³-hybridized carbons (Fsp3) is 0.0400. The van der Waals surface area contributed by atoms with E-state index in [9.17, 15) is 24.9 Å². The highest BCUT2D eigenvalue weighted by Gasteiger charge is 2.24. The molecule has 0 amide bonds. The number of hydrogen-bond donors (Lipinski definition) is 3. The first-order valence-corrected chi connectivity index (χ1v) is 11.7. The molecule has 2 aromatic heterocycles. The molecule has 0 fully saturated rings. The second kappa shape index (κ2) is 8.58. The maximum absolute atomic E-state index is 13.6. The molecule has 3 N–H and O–H groups in total. The summed E-state index contributed by atoms with van der Waals surface area (Å²) in [6.45, 7) is 0.127. The third-order valence-corrected chi connectivity index (χ3v) is 7.47. The predicted molar refractivity (Wildman–Crippen MR) is 133 cm³/mol. The van der Waals surface area contributed by atoms with E-state index < -0.39 is 28.4 Å². The summed E-state index contributed by atoms with van der Waals surface area (Å²) in [5, 5.41) is 31.3. The van der Waals surface area contributed by atoms with Gasteiger partial charge >= 0.3 is 5.63 Å². The Labute approximate surface area is 204 Å². The zero-order chi connectivity index (χ0) is 24.0. The van der Waals surface area contributed by atoms with Crippen LogP contribution in [0, 0.1) is 0 Å². The van der Waals surface area contributed by atoms with Crippen molar-refractivity contribution in [2.45, 2.75) is 16.3 Å². The van der Waals surface area contributed by atoms with Gasteiger partial charge in [-0.2, -0.15) is 0 Å². The van der Waals surface area contributed by atoms with E-state index in [-0.39, 0.29) is 33.3 Å². The molecule has 5 rings (SSSR count). The minimum atomic E-state index is -0.833. The number of benzene rings is 3. The van der Waals surface area contributed by atoms with Crippen molar-refractivity contribution >= 4 is 49.6 Å². The van der Waals surface area contributed by atoms with E-state index in [0.717, 1.165) is 17.3 Å². The third-order valence-electron chi connectivity index (χ3n) is 5.38. The van der Waals surface area contributed by atoms with Gasteiger partial charge < -0.3 is 24.3 Å². The van der Waals surface area contributed by atoms with Crippen molar-refractivity contribution in [3.63, 3.8) is 0 Å². The number of aromatic hydroxyl groups is 3. The van der Waals surface area contributed by atoms with Crippen molar-refractivity contribution in [1.82, 2.24) is 4.57 Å². The zero-order valence-corrected chi connectivity index (χ0v) is 19.8. The van der Waals surface area contributed by atoms with E-state index in [0.29, 0.717) is 9.37 Å². The molecule has 34 heavy (non-hydrogen) atoms. The standard InChI is InChI=1S/C25H16BrNO6S/c26-15-8-4-5-9-19(15)34-23-21(30)20-22(33-25(23)32)14-10-17(28)18(29)11-16(14)27(24(20)31)12-13-6-2-1-3-7-13/h1-11,28-30H,12H2. The van der Waals surface area contributed by atoms with Crippen LogP contribution in [0.4, 0.5) is 0 Å². The van der Waals surface area contributed by atoms with Crippen LogP contribution in [0.25, 0.3) is 21.9 Å². The van der Waals surface area contributed by atoms with Crippen LogP contribution < -0.4 is 11.2 Å². The molecule has 0 aliphatic heterocycles. The van der Waals surface area contributed by atoms with Crippen LogP contribution in [0.5, 0.6) is 17.2 Å². The van der Waals surface area contributed by atoms with Gasteiger partial charge in [0.1, 0.15) is 10.3 Å². The highest BCUT2D eigenvalue weighted by molar-refractivity contribution is 9.10. The van der Waals surface area contributed by atoms with Crippen LogP contribution in [-0.4, -0.2) is 19.9 Å². The Bertz CT molecular complexity index is 1690. The van der Waals surface area contributed by atoms with Crippen LogP contribution in [0.2, 0.25) is 0 Å². The Balaban J connectivity index is 1.85. The molecule has 170 valence electrons. The van der Waals surface area contributed by atoms with E-state index >= 15 is 0 Å². The molecule has 0 saturated carbocycles. The normalized spacial score (nSPS) is 11.3. The van der Waals surface area contributed by atoms with Crippen molar-refractivity contribution in [2.75, 3.05) is 0 Å². The van der Waals surface area contributed by atoms with Gasteiger partial charge in [-0.3, -0.25) is 4.79 Å². The first-order chi connectivity index (χ1) is 16.3. The molecule has 5 aromatic rings. The molecule has 0 aliphatic carbocycles. The van der Waals surface area contributed by atoms with E-state index in [4.69, 9.17) is 4.42 Å². The van der Waals surface area contributed by atoms with Crippen LogP contribution >= 0.6 is 27.7 Å². The summed E-state index contributed by atoms with van der Waals surface area (Å²) >= 11 is 4.38. The molecular formula is C25H16BrNO6S. The fourth-order valence-corrected chi connectivity index (χ4v) is 5.15. The van der Waals surface area contributed by atoms with Gasteiger partial charge in [0, 0.05) is 20.8 Å². The first-order valence-electron chi connectivity index (χ1n) is 10.1. The van der Waals surface area contributed by atoms with Gasteiger partial charge in [-0.15, -0.1) is 0 Å². The molecule has 7 nitrogen and oxygen atoms in total. The molecular weight excluding hydrogens is 522 g/mol. The Kier molecular flexibility index (Phi) is 5.59. The number of hydrogen-bond acceptors (Lipinski definition) is 7. The summed E-state index contributed by atoms with van der Waals surface area (Å²) in [6, 6.07) is 18.8. The number of nitrogens with zero attached hydrogens (tertiary/aromatic N) is 1. The van der Waals surface area contributed by atoms with Gasteiger partial charge in [0.25, 0.3) is 5.56 Å². The molecule has 0 radical (unpaired) electrons. The van der Waals surface area contributed by atoms with E-state index in [1.54, 1.807) is 18.2 Å². The molecule has 9 heteroatoms. The Morgan fingerprint density at radius 1 is 0.912 bits per heavy atom. The van der Waals surface area contributed by atoms with Crippen molar-refractivity contribution in [2.24, 2.45) is 0 Å². The smallest absolute Gasteiger partial charge is 0.354 e. The minimum absolute atomic E-state index is 0.127. The number of phenolic OH excluding ortho intramolecular Hbond substituents is 2. The number of aromatic nitrogens is 1. The fourth-order valence-electron chi connectivity index (χ4n) is 3.76. The van der Waals surface area contributed by atoms with Crippen molar-refractivity contribution in [3.8, 4) is 17.2 Å². The van der Waals surface area contributed by atoms with Gasteiger partial charge in [0.2, 0.25) is 0 Å². The largest absolute Gasteiger partial charge is 0.505 e. The summed E-state index contributed by atoms with van der Waals surface area (Å²) < 4.78 is 7.59. The van der Waals surface area contributed by atoms with Crippen molar-refractivity contribution < 1.29 is 19.7 Å². The number of fused-ring (bicyclic) bond motifs is 3. The predicted octanol–water partition coefficient (Wildman–Crippen LogP) is 5.19. The summed E-state index contributed by atoms with van der Waals surface area (Å²) in [5.41, 5.74) is -0.562. The molecule has 0 spiro atoms. The zero-order valence-electron chi connectivity index (χ0n) is 17.4. The van der Waals surface area contributed by atoms with Gasteiger partial charge in [0.05, 0.1) is 12.1 Å². The third kappa shape index (κ3) is 3.72. The summed E-state index contributed by atoms with van der Waals surface area (Å²) in [5.74, 6) is -1.39. The summed E-state index contributed by atoms with van der Waals surface area (Å²) in [4.78, 5) is 27.0. The highest BCUT2D eigenvalue weighted by Crippen LogP contribution is 2.40. The molecule has 3 aromatic carbocycles. The maximum Gasteiger partial charge on any atom is 0.354 e. The number of pyridine rings is 1. The number of halogens is 1. The molecule has 0 bridgehead atoms. The second-order valence-corrected chi connectivity index (χ2v) is 9.45. The monoisotopic (exact) mass is 537 g/mol. The lowest BCUT2D eigenvalue weighted by molar-refractivity contribution is 0.404. The molecule has 0 atom stereocenters. The Morgan fingerprint density at radius 2 is 1.59 bits per heavy atom. The quantitative estimate of drug-likeness (QED) is 0.213. The highest BCUT2D eigenvalue weighted by atomic mass is 79.9. The average Bonchev–Trinajstić information content (AvgIpc) is 2.82. The number of rotatable bonds is 4. The molecule has 0 aliphatic rings. The Morgan fingerprint density at radius 3 is 2.32 bits per heavy atom. The Hall–Kier alpha value is -3.69. The van der Waals surface area contributed by atoms with Crippen LogP contribution in [0.3, 0.4) is 0 Å². The van der Waals surface area contributed by atoms with Crippen molar-refractivity contribution in [3.05, 3.63) is 97.5 Å². The molecule has 0 unspecified atom stereocenters. The van der Waals surface area contributed by atoms with Gasteiger partial charge in [-0.25, -0.2) is 4.79 Å². The van der Waals surface area contributed by atoms with Gasteiger partial charge in [-0.05, 0) is 39.7 Å². The topological polar surface area (TPSA) is 113 Å². The van der Waals surface area contributed by atoms with Gasteiger partial charge in [-0.1, -0.05) is 54.2 Å². The van der Waals surface area contributed by atoms with Crippen LogP contribution in [-0.2, 0) is 6.54 Å². The maximum atomic E-state index is 13.6. The van der Waals surface area contributed by atoms with E-state index in [1.807, 2.05) is 36.4 Å². The lowest BCUT2D eigenvalue weighted by Gasteiger charge is -2.15. The molecule has 2 heterocycles. The van der Waals surface area contributed by atoms with Crippen LogP contribution in [0.15, 0.2) is 95.0 Å². The summed E-state index contributed by atoms with van der Waals surface area (Å²) in [7, 11) is 0.